The molecule has 0 saturated heterocycles. The van der Waals surface area contributed by atoms with Crippen molar-refractivity contribution in [2.45, 2.75) is 6.92 Å². The number of amides is 1. The Kier molecular flexibility index (Phi) is 7.32. The van der Waals surface area contributed by atoms with E-state index in [1.807, 2.05) is 0 Å². The number of nitrogens with one attached hydrogen (secondary N) is 1. The number of benzene rings is 2. The number of methoxy groups -OCH3 is 1. The zero-order chi connectivity index (χ0) is 20.5. The van der Waals surface area contributed by atoms with Crippen LogP contribution < -0.4 is 19.6 Å². The molecule has 0 aromatic heterocycles. The zero-order valence-corrected chi connectivity index (χ0v) is 15.3. The average molecular weight is 390 g/mol. The normalized spacial score (nSPS) is 10.9. The Balaban J connectivity index is 1.97. The lowest BCUT2D eigenvalue weighted by Gasteiger charge is -2.11. The van der Waals surface area contributed by atoms with Crippen molar-refractivity contribution in [1.82, 2.24) is 5.43 Å². The van der Waals surface area contributed by atoms with Crippen LogP contribution in [0.1, 0.15) is 12.5 Å². The number of carbonyl (C=O) groups is 2. The van der Waals surface area contributed by atoms with Gasteiger partial charge < -0.3 is 19.3 Å². The van der Waals surface area contributed by atoms with Gasteiger partial charge in [0, 0.05) is 5.56 Å². The number of para-hydroxylation sites is 1. The molecule has 0 unspecified atom stereocenters. The maximum atomic E-state index is 13.4. The monoisotopic (exact) mass is 390 g/mol. The van der Waals surface area contributed by atoms with Crippen molar-refractivity contribution in [3.8, 4) is 17.2 Å². The molecular weight excluding hydrogens is 371 g/mol. The molecule has 2 N–H and O–H groups in total. The first kappa shape index (κ1) is 20.7. The SMILES string of the molecule is COc1cc(/C(C)=N\NC(=O)COc2ccccc2F)ccc1OCC(=O)O. The third-order valence-electron chi connectivity index (χ3n) is 3.48. The van der Waals surface area contributed by atoms with Crippen LogP contribution in [0.4, 0.5) is 4.39 Å². The minimum Gasteiger partial charge on any atom is -0.493 e. The van der Waals surface area contributed by atoms with Crippen LogP contribution in [0.5, 0.6) is 17.2 Å². The zero-order valence-electron chi connectivity index (χ0n) is 15.3. The van der Waals surface area contributed by atoms with Crippen molar-refractivity contribution in [3.05, 3.63) is 53.8 Å². The first-order chi connectivity index (χ1) is 13.4. The number of carbonyl (C=O) groups excluding carboxylic acids is 1. The Morgan fingerprint density at radius 3 is 2.46 bits per heavy atom. The first-order valence-electron chi connectivity index (χ1n) is 8.14. The lowest BCUT2D eigenvalue weighted by Crippen LogP contribution is -2.25. The molecule has 0 fully saturated rings. The van der Waals surface area contributed by atoms with E-state index in [0.717, 1.165) is 0 Å². The first-order valence-corrected chi connectivity index (χ1v) is 8.14. The van der Waals surface area contributed by atoms with E-state index in [0.29, 0.717) is 17.0 Å². The molecule has 0 radical (unpaired) electrons. The Labute approximate surface area is 160 Å². The number of halogens is 1. The highest BCUT2D eigenvalue weighted by atomic mass is 19.1. The van der Waals surface area contributed by atoms with Crippen molar-refractivity contribution < 1.29 is 33.3 Å². The predicted octanol–water partition coefficient (Wildman–Crippen LogP) is 2.22. The van der Waals surface area contributed by atoms with Crippen LogP contribution >= 0.6 is 0 Å². The summed E-state index contributed by atoms with van der Waals surface area (Å²) >= 11 is 0. The van der Waals surface area contributed by atoms with E-state index < -0.39 is 30.9 Å². The Bertz CT molecular complexity index is 884. The fraction of sp³-hybridized carbons (Fsp3) is 0.211. The van der Waals surface area contributed by atoms with E-state index >= 15 is 0 Å². The summed E-state index contributed by atoms with van der Waals surface area (Å²) in [6, 6.07) is 10.5. The molecule has 0 aliphatic rings. The standard InChI is InChI=1S/C19H19FN2O6/c1-12(13-7-8-16(17(9-13)26-2)28-11-19(24)25)21-22-18(23)10-27-15-6-4-3-5-14(15)20/h3-9H,10-11H2,1-2H3,(H,22,23)(H,24,25)/b21-12-. The van der Waals surface area contributed by atoms with Gasteiger partial charge in [-0.1, -0.05) is 12.1 Å². The third kappa shape index (κ3) is 5.97. The number of nitrogens with zero attached hydrogens (tertiary/aromatic N) is 1. The lowest BCUT2D eigenvalue weighted by atomic mass is 10.1. The molecule has 8 nitrogen and oxygen atoms in total. The second kappa shape index (κ2) is 9.91. The second-order valence-electron chi connectivity index (χ2n) is 5.50. The number of ether oxygens (including phenoxy) is 3. The van der Waals surface area contributed by atoms with Crippen LogP contribution in [-0.4, -0.2) is 43.0 Å². The summed E-state index contributed by atoms with van der Waals surface area (Å²) in [7, 11) is 1.42. The molecule has 0 saturated carbocycles. The third-order valence-corrected chi connectivity index (χ3v) is 3.48. The predicted molar refractivity (Wildman–Crippen MR) is 98.4 cm³/mol. The minimum atomic E-state index is -1.11. The molecular formula is C19H19FN2O6. The largest absolute Gasteiger partial charge is 0.493 e. The van der Waals surface area contributed by atoms with Gasteiger partial charge in [0.25, 0.3) is 5.91 Å². The molecule has 2 aromatic carbocycles. The van der Waals surface area contributed by atoms with E-state index in [1.54, 1.807) is 31.2 Å². The van der Waals surface area contributed by atoms with Crippen LogP contribution in [0.2, 0.25) is 0 Å². The summed E-state index contributed by atoms with van der Waals surface area (Å²) in [5.74, 6) is -1.67. The summed E-state index contributed by atoms with van der Waals surface area (Å²) in [6.45, 7) is 0.758. The van der Waals surface area contributed by atoms with Crippen LogP contribution in [0, 0.1) is 5.82 Å². The molecule has 148 valence electrons. The molecule has 9 heteroatoms. The summed E-state index contributed by atoms with van der Waals surface area (Å²) in [5, 5.41) is 12.6. The Morgan fingerprint density at radius 1 is 1.07 bits per heavy atom. The van der Waals surface area contributed by atoms with Crippen molar-refractivity contribution in [2.24, 2.45) is 5.10 Å². The van der Waals surface area contributed by atoms with Crippen LogP contribution in [0.25, 0.3) is 0 Å². The molecule has 0 spiro atoms. The minimum absolute atomic E-state index is 0.0277. The van der Waals surface area contributed by atoms with Crippen molar-refractivity contribution >= 4 is 17.6 Å². The highest BCUT2D eigenvalue weighted by molar-refractivity contribution is 5.99. The average Bonchev–Trinajstić information content (AvgIpc) is 2.69. The number of hydrogen-bond donors (Lipinski definition) is 2. The van der Waals surface area contributed by atoms with Crippen molar-refractivity contribution in [2.75, 3.05) is 20.3 Å². The molecule has 2 aromatic rings. The second-order valence-corrected chi connectivity index (χ2v) is 5.50. The molecule has 0 bridgehead atoms. The number of hydrogen-bond acceptors (Lipinski definition) is 6. The Hall–Kier alpha value is -3.62. The smallest absolute Gasteiger partial charge is 0.341 e. The highest BCUT2D eigenvalue weighted by Crippen LogP contribution is 2.28. The molecule has 28 heavy (non-hydrogen) atoms. The lowest BCUT2D eigenvalue weighted by molar-refractivity contribution is -0.139. The van der Waals surface area contributed by atoms with Gasteiger partial charge in [0.1, 0.15) is 0 Å². The van der Waals surface area contributed by atoms with E-state index in [9.17, 15) is 14.0 Å². The molecule has 2 rings (SSSR count). The molecule has 1 amide bonds. The van der Waals surface area contributed by atoms with Gasteiger partial charge in [0.15, 0.2) is 36.3 Å². The highest BCUT2D eigenvalue weighted by Gasteiger charge is 2.10. The molecule has 0 aliphatic carbocycles. The van der Waals surface area contributed by atoms with Crippen molar-refractivity contribution in [3.63, 3.8) is 0 Å². The van der Waals surface area contributed by atoms with Gasteiger partial charge in [-0.2, -0.15) is 5.10 Å². The fourth-order valence-corrected chi connectivity index (χ4v) is 2.10. The van der Waals surface area contributed by atoms with Gasteiger partial charge in [0.2, 0.25) is 0 Å². The number of aliphatic carboxylic acids is 1. The summed E-state index contributed by atoms with van der Waals surface area (Å²) in [4.78, 5) is 22.4. The molecule has 0 aliphatic heterocycles. The van der Waals surface area contributed by atoms with E-state index in [1.165, 1.54) is 25.3 Å². The van der Waals surface area contributed by atoms with Crippen LogP contribution in [0.3, 0.4) is 0 Å². The summed E-state index contributed by atoms with van der Waals surface area (Å²) in [5.41, 5.74) is 3.40. The van der Waals surface area contributed by atoms with Gasteiger partial charge in [-0.15, -0.1) is 0 Å². The van der Waals surface area contributed by atoms with Gasteiger partial charge in [-0.05, 0) is 37.3 Å². The van der Waals surface area contributed by atoms with Gasteiger partial charge in [-0.3, -0.25) is 4.79 Å². The number of hydrazone groups is 1. The molecule has 0 heterocycles. The fourth-order valence-electron chi connectivity index (χ4n) is 2.10. The van der Waals surface area contributed by atoms with Crippen LogP contribution in [0.15, 0.2) is 47.6 Å². The number of rotatable bonds is 9. The van der Waals surface area contributed by atoms with E-state index in [-0.39, 0.29) is 11.5 Å². The Morgan fingerprint density at radius 2 is 1.79 bits per heavy atom. The maximum Gasteiger partial charge on any atom is 0.341 e. The maximum absolute atomic E-state index is 13.4. The number of carboxylic acids is 1. The van der Waals surface area contributed by atoms with Gasteiger partial charge in [0.05, 0.1) is 12.8 Å². The molecule has 0 atom stereocenters. The van der Waals surface area contributed by atoms with Crippen molar-refractivity contribution in [1.29, 1.82) is 0 Å². The summed E-state index contributed by atoms with van der Waals surface area (Å²) in [6.07, 6.45) is 0. The van der Waals surface area contributed by atoms with E-state index in [2.05, 4.69) is 10.5 Å². The summed E-state index contributed by atoms with van der Waals surface area (Å²) < 4.78 is 28.8. The van der Waals surface area contributed by atoms with Gasteiger partial charge >= 0.3 is 5.97 Å². The van der Waals surface area contributed by atoms with Crippen LogP contribution in [-0.2, 0) is 9.59 Å². The van der Waals surface area contributed by atoms with Gasteiger partial charge in [-0.25, -0.2) is 14.6 Å². The topological polar surface area (TPSA) is 106 Å². The van der Waals surface area contributed by atoms with E-state index in [4.69, 9.17) is 19.3 Å². The quantitative estimate of drug-likeness (QED) is 0.502. The number of carboxylic acid groups (broad SMARTS) is 1.